The third kappa shape index (κ3) is 2.41. The number of hydrogen-bond acceptors (Lipinski definition) is 4. The van der Waals surface area contributed by atoms with Gasteiger partial charge in [-0.1, -0.05) is 13.8 Å². The maximum absolute atomic E-state index is 12.2. The fraction of sp³-hybridized carbons (Fsp3) is 1.00. The highest BCUT2D eigenvalue weighted by Crippen LogP contribution is 2.70. The lowest BCUT2D eigenvalue weighted by atomic mass is 9.40. The van der Waals surface area contributed by atoms with Crippen LogP contribution in [0.3, 0.4) is 0 Å². The lowest BCUT2D eigenvalue weighted by molar-refractivity contribution is -0.263. The zero-order valence-corrected chi connectivity index (χ0v) is 19.6. The van der Waals surface area contributed by atoms with Crippen molar-refractivity contribution < 1.29 is 10.2 Å². The summed E-state index contributed by atoms with van der Waals surface area (Å²) in [4.78, 5) is 4.89. The van der Waals surface area contributed by atoms with E-state index < -0.39 is 5.60 Å². The van der Waals surface area contributed by atoms with Gasteiger partial charge in [0.2, 0.25) is 0 Å². The Morgan fingerprint density at radius 1 is 0.966 bits per heavy atom. The van der Waals surface area contributed by atoms with Gasteiger partial charge in [0.1, 0.15) is 0 Å². The molecule has 0 unspecified atom stereocenters. The van der Waals surface area contributed by atoms with E-state index in [0.717, 1.165) is 12.3 Å². The van der Waals surface area contributed by atoms with Gasteiger partial charge in [-0.2, -0.15) is 0 Å². The van der Waals surface area contributed by atoms with Crippen LogP contribution in [0.1, 0.15) is 65.7 Å². The van der Waals surface area contributed by atoms with Gasteiger partial charge >= 0.3 is 0 Å². The largest absolute Gasteiger partial charge is 0.393 e. The highest BCUT2D eigenvalue weighted by molar-refractivity contribution is 5.20. The van der Waals surface area contributed by atoms with E-state index in [1.54, 1.807) is 0 Å². The summed E-state index contributed by atoms with van der Waals surface area (Å²) in [5, 5.41) is 23.7. The average molecular weight is 405 g/mol. The highest BCUT2D eigenvalue weighted by Gasteiger charge is 2.70. The van der Waals surface area contributed by atoms with Crippen molar-refractivity contribution in [3.63, 3.8) is 0 Å². The molecule has 5 fully saturated rings. The number of nitrogens with zero attached hydrogens (tertiary/aromatic N) is 2. The first-order chi connectivity index (χ1) is 13.6. The highest BCUT2D eigenvalue weighted by atomic mass is 16.3. The number of aliphatic hydroxyl groups is 2. The normalized spacial score (nSPS) is 59.9. The molecule has 1 heterocycles. The summed E-state index contributed by atoms with van der Waals surface area (Å²) in [6.07, 6.45) is 7.66. The number of likely N-dealkylation sites (tertiary alicyclic amines) is 1. The van der Waals surface area contributed by atoms with Crippen LogP contribution < -0.4 is 0 Å². The van der Waals surface area contributed by atoms with Gasteiger partial charge in [0, 0.05) is 31.0 Å². The second-order valence-corrected chi connectivity index (χ2v) is 12.4. The molecule has 4 aliphatic carbocycles. The zero-order valence-electron chi connectivity index (χ0n) is 19.6. The Morgan fingerprint density at radius 2 is 1.66 bits per heavy atom. The van der Waals surface area contributed by atoms with E-state index in [9.17, 15) is 10.2 Å². The van der Waals surface area contributed by atoms with Crippen molar-refractivity contribution >= 4 is 0 Å². The van der Waals surface area contributed by atoms with Gasteiger partial charge in [0.05, 0.1) is 11.7 Å². The number of aliphatic hydroxyl groups excluding tert-OH is 1. The first-order valence-corrected chi connectivity index (χ1v) is 12.3. The van der Waals surface area contributed by atoms with E-state index in [0.29, 0.717) is 41.7 Å². The SMILES string of the molecule is C[C@@H]1[C@@H](N(C)C)CC[C@]2(C)[C@@H]3CC[C@]45CN(C)[C@@H](C)[C@H]4CC[C@H]5[C@@H]3[C@@H](O)C[C@@]12O. The maximum atomic E-state index is 12.2. The summed E-state index contributed by atoms with van der Waals surface area (Å²) in [5.41, 5.74) is -0.379. The third-order valence-electron chi connectivity index (χ3n) is 11.7. The molecule has 29 heavy (non-hydrogen) atoms. The van der Waals surface area contributed by atoms with Gasteiger partial charge in [-0.25, -0.2) is 0 Å². The van der Waals surface area contributed by atoms with E-state index in [2.05, 4.69) is 51.7 Å². The van der Waals surface area contributed by atoms with E-state index in [4.69, 9.17) is 0 Å². The third-order valence-corrected chi connectivity index (χ3v) is 11.7. The van der Waals surface area contributed by atoms with Gasteiger partial charge in [-0.05, 0) is 101 Å². The molecule has 4 saturated carbocycles. The summed E-state index contributed by atoms with van der Waals surface area (Å²) in [5.74, 6) is 2.52. The molecule has 0 aromatic heterocycles. The van der Waals surface area contributed by atoms with Crippen molar-refractivity contribution in [1.82, 2.24) is 9.80 Å². The van der Waals surface area contributed by atoms with Crippen LogP contribution in [0.5, 0.6) is 0 Å². The summed E-state index contributed by atoms with van der Waals surface area (Å²) < 4.78 is 0. The minimum absolute atomic E-state index is 0.0569. The maximum Gasteiger partial charge on any atom is 0.0768 e. The van der Waals surface area contributed by atoms with Crippen molar-refractivity contribution in [2.45, 2.75) is 89.5 Å². The summed E-state index contributed by atoms with van der Waals surface area (Å²) in [6.45, 7) is 8.29. The van der Waals surface area contributed by atoms with Gasteiger partial charge in [0.25, 0.3) is 0 Å². The van der Waals surface area contributed by atoms with Crippen molar-refractivity contribution in [2.75, 3.05) is 27.7 Å². The summed E-state index contributed by atoms with van der Waals surface area (Å²) in [7, 11) is 6.61. The molecule has 0 bridgehead atoms. The minimum Gasteiger partial charge on any atom is -0.393 e. The van der Waals surface area contributed by atoms with Crippen LogP contribution >= 0.6 is 0 Å². The molecule has 4 heteroatoms. The molecule has 0 aromatic rings. The van der Waals surface area contributed by atoms with Gasteiger partial charge in [-0.3, -0.25) is 0 Å². The van der Waals surface area contributed by atoms with E-state index >= 15 is 0 Å². The molecule has 1 aliphatic heterocycles. The Hall–Kier alpha value is -0.160. The topological polar surface area (TPSA) is 46.9 Å². The molecule has 4 nitrogen and oxygen atoms in total. The Labute approximate surface area is 178 Å². The Balaban J connectivity index is 1.51. The average Bonchev–Trinajstić information content (AvgIpc) is 3.12. The molecule has 2 N–H and O–H groups in total. The molecular formula is C25H44N2O2. The Kier molecular flexibility index (Phi) is 4.60. The van der Waals surface area contributed by atoms with Crippen LogP contribution in [-0.2, 0) is 0 Å². The van der Waals surface area contributed by atoms with Gasteiger partial charge in [0.15, 0.2) is 0 Å². The predicted octanol–water partition coefficient (Wildman–Crippen LogP) is 3.22. The van der Waals surface area contributed by atoms with E-state index in [1.807, 2.05) is 0 Å². The fourth-order valence-electron chi connectivity index (χ4n) is 10.1. The van der Waals surface area contributed by atoms with Crippen LogP contribution in [0.25, 0.3) is 0 Å². The van der Waals surface area contributed by atoms with Crippen molar-refractivity contribution in [2.24, 2.45) is 40.4 Å². The van der Waals surface area contributed by atoms with E-state index in [-0.39, 0.29) is 17.4 Å². The number of rotatable bonds is 1. The van der Waals surface area contributed by atoms with Crippen LogP contribution in [0.2, 0.25) is 0 Å². The fourth-order valence-corrected chi connectivity index (χ4v) is 10.1. The predicted molar refractivity (Wildman–Crippen MR) is 117 cm³/mol. The lowest BCUT2D eigenvalue weighted by Gasteiger charge is -2.67. The second kappa shape index (κ2) is 6.43. The summed E-state index contributed by atoms with van der Waals surface area (Å²) in [6, 6.07) is 1.09. The van der Waals surface area contributed by atoms with Crippen molar-refractivity contribution in [1.29, 1.82) is 0 Å². The Bertz CT molecular complexity index is 669. The molecule has 0 aromatic carbocycles. The van der Waals surface area contributed by atoms with Crippen LogP contribution in [-0.4, -0.2) is 71.5 Å². The molecule has 1 spiro atoms. The second-order valence-electron chi connectivity index (χ2n) is 12.4. The zero-order chi connectivity index (χ0) is 20.9. The van der Waals surface area contributed by atoms with Crippen molar-refractivity contribution in [3.05, 3.63) is 0 Å². The minimum atomic E-state index is -0.747. The molecule has 166 valence electrons. The van der Waals surface area contributed by atoms with Gasteiger partial charge in [-0.15, -0.1) is 0 Å². The lowest BCUT2D eigenvalue weighted by Crippen LogP contribution is -2.70. The smallest absolute Gasteiger partial charge is 0.0768 e. The first-order valence-electron chi connectivity index (χ1n) is 12.3. The van der Waals surface area contributed by atoms with Gasteiger partial charge < -0.3 is 20.0 Å². The quantitative estimate of drug-likeness (QED) is 0.704. The molecule has 11 atom stereocenters. The Morgan fingerprint density at radius 3 is 2.34 bits per heavy atom. The van der Waals surface area contributed by atoms with Crippen LogP contribution in [0.15, 0.2) is 0 Å². The molecular weight excluding hydrogens is 360 g/mol. The molecule has 0 amide bonds. The first kappa shape index (κ1) is 20.7. The van der Waals surface area contributed by atoms with Crippen LogP contribution in [0.4, 0.5) is 0 Å². The molecule has 5 rings (SSSR count). The van der Waals surface area contributed by atoms with Crippen molar-refractivity contribution in [3.8, 4) is 0 Å². The molecule has 0 radical (unpaired) electrons. The van der Waals surface area contributed by atoms with E-state index in [1.165, 1.54) is 38.6 Å². The van der Waals surface area contributed by atoms with Crippen LogP contribution in [0, 0.1) is 40.4 Å². The number of hydrogen-bond donors (Lipinski definition) is 2. The molecule has 1 saturated heterocycles. The molecule has 5 aliphatic rings. The summed E-state index contributed by atoms with van der Waals surface area (Å²) >= 11 is 0. The monoisotopic (exact) mass is 404 g/mol. The number of fused-ring (bicyclic) bond motifs is 4. The standard InChI is InChI=1S/C25H44N2O2/c1-15-20(26(4)5)10-11-23(3)18-9-12-24-14-27(6)16(2)17(24)7-8-19(24)22(18)21(28)13-25(15,23)29/h15-22,28-29H,7-14H2,1-6H3/t15-,16+,17-,18-,19+,20+,21+,22-,23-,24+,25-/m1/s1.